The van der Waals surface area contributed by atoms with Crippen molar-refractivity contribution in [2.24, 2.45) is 11.8 Å². The van der Waals surface area contributed by atoms with Gasteiger partial charge in [0.05, 0.1) is 22.9 Å². The van der Waals surface area contributed by atoms with Crippen molar-refractivity contribution >= 4 is 34.1 Å². The number of benzene rings is 2. The number of carbonyl (C=O) groups is 3. The first kappa shape index (κ1) is 28.6. The Labute approximate surface area is 250 Å². The highest BCUT2D eigenvalue weighted by Gasteiger charge is 2.46. The highest BCUT2D eigenvalue weighted by molar-refractivity contribution is 6.19. The van der Waals surface area contributed by atoms with Crippen LogP contribution in [0.15, 0.2) is 65.9 Å². The number of aliphatic hydroxyl groups is 1. The first-order chi connectivity index (χ1) is 20.9. The first-order valence-corrected chi connectivity index (χ1v) is 15.4. The van der Waals surface area contributed by atoms with E-state index in [1.165, 1.54) is 71.9 Å². The van der Waals surface area contributed by atoms with Crippen LogP contribution in [0.25, 0.3) is 10.9 Å². The minimum atomic E-state index is -1.13. The number of nitrogens with zero attached hydrogens (tertiary/aromatic N) is 1. The van der Waals surface area contributed by atoms with Gasteiger partial charge < -0.3 is 20.8 Å². The molecule has 2 atom stereocenters. The molecule has 6 rings (SSSR count). The largest absolute Gasteiger partial charge is 0.511 e. The molecule has 0 radical (unpaired) electrons. The quantitative estimate of drug-likeness (QED) is 0.181. The number of allylic oxidation sites excluding steroid dienone is 2. The van der Waals surface area contributed by atoms with Crippen LogP contribution in [-0.4, -0.2) is 45.8 Å². The second-order valence-corrected chi connectivity index (χ2v) is 11.7. The molecule has 8 heteroatoms. The number of phenols is 1. The summed E-state index contributed by atoms with van der Waals surface area (Å²) in [6, 6.07) is 12.7. The lowest BCUT2D eigenvalue weighted by molar-refractivity contribution is -0.117. The fourth-order valence-corrected chi connectivity index (χ4v) is 6.65. The van der Waals surface area contributed by atoms with Crippen LogP contribution < -0.4 is 10.6 Å². The number of aromatic hydroxyl groups is 1. The summed E-state index contributed by atoms with van der Waals surface area (Å²) in [5.74, 6) is -4.04. The van der Waals surface area contributed by atoms with Gasteiger partial charge in [-0.1, -0.05) is 55.7 Å². The molecule has 0 bridgehead atoms. The fraction of sp³-hybridized carbons (Fsp3) is 0.371. The summed E-state index contributed by atoms with van der Waals surface area (Å²) in [6.45, 7) is 1.35. The van der Waals surface area contributed by atoms with Crippen molar-refractivity contribution in [3.63, 3.8) is 0 Å². The lowest BCUT2D eigenvalue weighted by Gasteiger charge is -2.31. The molecular formula is C35H37N3O5. The number of phenolic OH excluding ortho intramolecular Hbond substituents is 1. The Kier molecular flexibility index (Phi) is 8.27. The number of anilines is 1. The molecule has 0 saturated carbocycles. The Morgan fingerprint density at radius 3 is 2.53 bits per heavy atom. The highest BCUT2D eigenvalue weighted by atomic mass is 16.3. The number of hydrogen-bond acceptors (Lipinski definition) is 7. The Bertz CT molecular complexity index is 1660. The monoisotopic (exact) mass is 579 g/mol. The van der Waals surface area contributed by atoms with Crippen molar-refractivity contribution in [1.82, 2.24) is 10.3 Å². The predicted molar refractivity (Wildman–Crippen MR) is 166 cm³/mol. The van der Waals surface area contributed by atoms with E-state index in [2.05, 4.69) is 28.8 Å². The number of hydrogen-bond donors (Lipinski definition) is 4. The topological polar surface area (TPSA) is 129 Å². The molecule has 3 aliphatic carbocycles. The molecule has 2 aromatic carbocycles. The van der Waals surface area contributed by atoms with E-state index in [1.807, 2.05) is 6.07 Å². The van der Waals surface area contributed by atoms with Gasteiger partial charge in [-0.15, -0.1) is 0 Å². The van der Waals surface area contributed by atoms with Crippen molar-refractivity contribution in [3.05, 3.63) is 88.3 Å². The third kappa shape index (κ3) is 5.66. The molecular weight excluding hydrogens is 542 g/mol. The van der Waals surface area contributed by atoms with Gasteiger partial charge in [-0.05, 0) is 62.3 Å². The van der Waals surface area contributed by atoms with Crippen LogP contribution in [0.3, 0.4) is 0 Å². The molecule has 222 valence electrons. The Hall–Kier alpha value is -4.46. The Morgan fingerprint density at radius 2 is 1.67 bits per heavy atom. The lowest BCUT2D eigenvalue weighted by Crippen LogP contribution is -2.39. The average Bonchev–Trinajstić information content (AvgIpc) is 3.25. The molecule has 2 unspecified atom stereocenters. The zero-order valence-corrected chi connectivity index (χ0v) is 24.2. The Balaban J connectivity index is 0.988. The number of aliphatic hydroxyl groups excluding tert-OH is 1. The molecule has 8 nitrogen and oxygen atoms in total. The van der Waals surface area contributed by atoms with Crippen molar-refractivity contribution in [2.45, 2.75) is 57.8 Å². The van der Waals surface area contributed by atoms with Gasteiger partial charge in [-0.25, -0.2) is 0 Å². The Morgan fingerprint density at radius 1 is 0.884 bits per heavy atom. The maximum Gasteiger partial charge on any atom is 0.251 e. The maximum atomic E-state index is 13.1. The van der Waals surface area contributed by atoms with Crippen LogP contribution in [0.5, 0.6) is 5.75 Å². The molecule has 0 aliphatic heterocycles. The number of nitrogens with one attached hydrogen (secondary N) is 2. The van der Waals surface area contributed by atoms with E-state index in [-0.39, 0.29) is 34.1 Å². The molecule has 0 fully saturated rings. The first-order valence-electron chi connectivity index (χ1n) is 15.4. The summed E-state index contributed by atoms with van der Waals surface area (Å²) in [7, 11) is 0. The van der Waals surface area contributed by atoms with Crippen LogP contribution in [0.2, 0.25) is 0 Å². The summed E-state index contributed by atoms with van der Waals surface area (Å²) < 4.78 is 0. The second-order valence-electron chi connectivity index (χ2n) is 11.7. The number of amides is 1. The van der Waals surface area contributed by atoms with Gasteiger partial charge in [0.25, 0.3) is 5.91 Å². The number of carbonyl (C=O) groups excluding carboxylic acids is 3. The van der Waals surface area contributed by atoms with E-state index >= 15 is 0 Å². The van der Waals surface area contributed by atoms with Gasteiger partial charge in [-0.2, -0.15) is 0 Å². The van der Waals surface area contributed by atoms with Crippen molar-refractivity contribution in [2.75, 3.05) is 18.4 Å². The fourth-order valence-electron chi connectivity index (χ4n) is 6.65. The van der Waals surface area contributed by atoms with E-state index in [4.69, 9.17) is 4.98 Å². The van der Waals surface area contributed by atoms with E-state index in [9.17, 15) is 24.6 Å². The zero-order chi connectivity index (χ0) is 29.9. The summed E-state index contributed by atoms with van der Waals surface area (Å²) in [5.41, 5.74) is 5.11. The molecule has 43 heavy (non-hydrogen) atoms. The zero-order valence-electron chi connectivity index (χ0n) is 24.2. The van der Waals surface area contributed by atoms with Crippen molar-refractivity contribution < 1.29 is 24.6 Å². The molecule has 1 amide bonds. The number of Topliss-reactive ketones (excluding diaryl/α,β-unsaturated/α-hetero) is 2. The van der Waals surface area contributed by atoms with Gasteiger partial charge in [0, 0.05) is 41.0 Å². The average molecular weight is 580 g/mol. The summed E-state index contributed by atoms with van der Waals surface area (Å²) in [5, 5.41) is 28.5. The SMILES string of the molecule is O=C(NCCCCCCNc1c2c(nc3ccccc13)CCCCC2)C1=CC2C(=O)c3cccc(O)c3C(=O)C2C(O)=C1. The van der Waals surface area contributed by atoms with Gasteiger partial charge in [0.1, 0.15) is 11.5 Å². The third-order valence-electron chi connectivity index (χ3n) is 8.85. The van der Waals surface area contributed by atoms with Gasteiger partial charge in [0.15, 0.2) is 11.6 Å². The number of aromatic nitrogens is 1. The summed E-state index contributed by atoms with van der Waals surface area (Å²) in [4.78, 5) is 43.9. The smallest absolute Gasteiger partial charge is 0.251 e. The standard InChI is InChI=1S/C35H37N3O5/c39-28-16-10-13-24-30(28)34(42)31-25(33(24)41)19-21(20-29(31)40)35(43)37-18-9-2-1-8-17-36-32-22-11-4-3-5-14-26(22)38-27-15-7-6-12-23(27)32/h6-7,10,12-13,15-16,19-20,25,31,39-40H,1-5,8-9,11,14,17-18H2,(H,36,38)(H,37,43). The number of pyridine rings is 1. The van der Waals surface area contributed by atoms with Gasteiger partial charge in [-0.3, -0.25) is 19.4 Å². The van der Waals surface area contributed by atoms with Gasteiger partial charge >= 0.3 is 0 Å². The third-order valence-corrected chi connectivity index (χ3v) is 8.85. The predicted octanol–water partition coefficient (Wildman–Crippen LogP) is 5.99. The minimum Gasteiger partial charge on any atom is -0.511 e. The van der Waals surface area contributed by atoms with Crippen LogP contribution in [0, 0.1) is 11.8 Å². The molecule has 0 spiro atoms. The van der Waals surface area contributed by atoms with E-state index < -0.39 is 23.4 Å². The van der Waals surface area contributed by atoms with E-state index in [1.54, 1.807) is 0 Å². The van der Waals surface area contributed by atoms with E-state index in [0.29, 0.717) is 6.54 Å². The highest BCUT2D eigenvalue weighted by Crippen LogP contribution is 2.41. The number of ketones is 2. The van der Waals surface area contributed by atoms with E-state index in [0.717, 1.165) is 50.6 Å². The number of para-hydroxylation sites is 1. The number of fused-ring (bicyclic) bond motifs is 4. The van der Waals surface area contributed by atoms with Crippen LogP contribution >= 0.6 is 0 Å². The van der Waals surface area contributed by atoms with Crippen LogP contribution in [-0.2, 0) is 17.6 Å². The van der Waals surface area contributed by atoms with Crippen LogP contribution in [0.4, 0.5) is 5.69 Å². The second kappa shape index (κ2) is 12.4. The molecule has 4 N–H and O–H groups in total. The van der Waals surface area contributed by atoms with Crippen LogP contribution in [0.1, 0.15) is 76.9 Å². The maximum absolute atomic E-state index is 13.1. The minimum absolute atomic E-state index is 0.0749. The van der Waals surface area contributed by atoms with Gasteiger partial charge in [0.2, 0.25) is 0 Å². The molecule has 1 aromatic heterocycles. The summed E-state index contributed by atoms with van der Waals surface area (Å²) >= 11 is 0. The normalized spacial score (nSPS) is 19.4. The molecule has 1 heterocycles. The number of aryl methyl sites for hydroxylation is 1. The van der Waals surface area contributed by atoms with Crippen molar-refractivity contribution in [1.29, 1.82) is 0 Å². The molecule has 3 aromatic rings. The summed E-state index contributed by atoms with van der Waals surface area (Å²) in [6.07, 6.45) is 12.3. The molecule has 0 saturated heterocycles. The molecule has 3 aliphatic rings. The lowest BCUT2D eigenvalue weighted by atomic mass is 9.70. The van der Waals surface area contributed by atoms with Crippen molar-refractivity contribution in [3.8, 4) is 5.75 Å². The number of rotatable bonds is 9. The number of unbranched alkanes of at least 4 members (excludes halogenated alkanes) is 3.